The minimum Gasteiger partial charge on any atom is -0.467 e. The molecule has 7 atom stereocenters. The fourth-order valence-corrected chi connectivity index (χ4v) is 4.33. The molecule has 1 heterocycles. The Hall–Kier alpha value is -2.66. The molecule has 1 aliphatic rings. The van der Waals surface area contributed by atoms with Crippen molar-refractivity contribution in [1.29, 1.82) is 0 Å². The van der Waals surface area contributed by atoms with E-state index in [1.54, 1.807) is 0 Å². The maximum atomic E-state index is 12.6. The number of ether oxygens (including phenoxy) is 5. The maximum Gasteiger partial charge on any atom is 0.472 e. The molecule has 43 heavy (non-hydrogen) atoms. The molecule has 0 aromatic heterocycles. The first-order chi connectivity index (χ1) is 19.9. The third-order valence-corrected chi connectivity index (χ3v) is 6.48. The Balaban J connectivity index is 0.00000223. The Kier molecular flexibility index (Phi) is 18.4. The van der Waals surface area contributed by atoms with Crippen LogP contribution in [0.2, 0.25) is 0 Å². The van der Waals surface area contributed by atoms with Gasteiger partial charge in [-0.1, -0.05) is 20.8 Å². The minimum absolute atomic E-state index is 0.569. The van der Waals surface area contributed by atoms with Crippen LogP contribution in [0.3, 0.4) is 0 Å². The second-order valence-electron chi connectivity index (χ2n) is 9.36. The summed E-state index contributed by atoms with van der Waals surface area (Å²) in [6.07, 6.45) is -7.63. The highest BCUT2D eigenvalue weighted by molar-refractivity contribution is 7.46. The number of hydrogen-bond donors (Lipinski definition) is 4. The second kappa shape index (κ2) is 19.6. The number of phosphoric acid groups is 1. The molecule has 1 aliphatic heterocycles. The van der Waals surface area contributed by atoms with Gasteiger partial charge < -0.3 is 49.0 Å². The molecule has 2 amide bonds. The smallest absolute Gasteiger partial charge is 0.467 e. The van der Waals surface area contributed by atoms with Crippen LogP contribution in [-0.4, -0.2) is 121 Å². The molecule has 0 spiro atoms. The summed E-state index contributed by atoms with van der Waals surface area (Å²) in [6, 6.07) is -2.58. The van der Waals surface area contributed by atoms with Crippen molar-refractivity contribution < 1.29 is 66.5 Å². The number of methoxy groups -OCH3 is 1. The van der Waals surface area contributed by atoms with Crippen LogP contribution < -0.4 is 10.6 Å². The molecule has 0 aromatic rings. The molecule has 1 fully saturated rings. The van der Waals surface area contributed by atoms with Crippen LogP contribution in [0.4, 0.5) is 0 Å². The van der Waals surface area contributed by atoms with E-state index in [2.05, 4.69) is 45.6 Å². The summed E-state index contributed by atoms with van der Waals surface area (Å²) >= 11 is 0. The lowest BCUT2D eigenvalue weighted by atomic mass is 9.96. The van der Waals surface area contributed by atoms with Gasteiger partial charge in [-0.15, -0.1) is 0 Å². The van der Waals surface area contributed by atoms with E-state index in [9.17, 15) is 38.3 Å². The molecule has 0 bridgehead atoms. The molecule has 0 unspecified atom stereocenters. The Labute approximate surface area is 251 Å². The van der Waals surface area contributed by atoms with Crippen molar-refractivity contribution in [3.8, 4) is 0 Å². The van der Waals surface area contributed by atoms with Crippen molar-refractivity contribution in [3.63, 3.8) is 0 Å². The van der Waals surface area contributed by atoms with E-state index in [0.29, 0.717) is 0 Å². The van der Waals surface area contributed by atoms with Gasteiger partial charge in [0.1, 0.15) is 37.0 Å². The van der Waals surface area contributed by atoms with Gasteiger partial charge in [-0.05, 0) is 33.5 Å². The topological polar surface area (TPSA) is 226 Å². The molecule has 250 valence electrons. The van der Waals surface area contributed by atoms with Gasteiger partial charge in [-0.2, -0.15) is 0 Å². The number of carbonyl (C=O) groups excluding carboxylic acids is 5. The molecule has 0 aromatic carbocycles. The van der Waals surface area contributed by atoms with Crippen LogP contribution in [0, 0.1) is 0 Å². The van der Waals surface area contributed by atoms with Crippen molar-refractivity contribution in [3.05, 3.63) is 0 Å². The van der Waals surface area contributed by atoms with Crippen LogP contribution in [0.1, 0.15) is 55.4 Å². The van der Waals surface area contributed by atoms with Crippen molar-refractivity contribution in [1.82, 2.24) is 15.5 Å². The Morgan fingerprint density at radius 3 is 1.91 bits per heavy atom. The van der Waals surface area contributed by atoms with E-state index in [1.165, 1.54) is 33.5 Å². The highest BCUT2D eigenvalue weighted by Gasteiger charge is 2.52. The molecule has 0 saturated carbocycles. The first-order valence-electron chi connectivity index (χ1n) is 13.6. The van der Waals surface area contributed by atoms with E-state index in [4.69, 9.17) is 18.9 Å². The lowest BCUT2D eigenvalue weighted by Gasteiger charge is -2.45. The van der Waals surface area contributed by atoms with Gasteiger partial charge in [0.25, 0.3) is 0 Å². The standard InChI is InChI=1S/C19H31N2O14P.C6H15N/c1-8(18(26)30-6)20-17(25)9(2)32-16-14(21-10(3)22)19(35-36(27,28)29)34-13(7-31-11(4)23)15(16)33-12(5)24;1-4-7(5-2)6-3/h8-9,13-16,19H,7H2,1-6H3,(H,20,25)(H,21,22)(H2,27,28,29);4-6H2,1-3H3/t8-,9+,13+,14+,15+,16+,19+;/m0./s1. The van der Waals surface area contributed by atoms with E-state index in [1.807, 2.05) is 0 Å². The summed E-state index contributed by atoms with van der Waals surface area (Å²) in [4.78, 5) is 80.4. The molecule has 0 aliphatic carbocycles. The number of carbonyl (C=O) groups is 5. The highest BCUT2D eigenvalue weighted by atomic mass is 31.2. The van der Waals surface area contributed by atoms with Gasteiger partial charge in [0, 0.05) is 20.8 Å². The summed E-state index contributed by atoms with van der Waals surface area (Å²) in [5.74, 6) is -3.87. The van der Waals surface area contributed by atoms with E-state index in [-0.39, 0.29) is 0 Å². The predicted octanol–water partition coefficient (Wildman–Crippen LogP) is -0.380. The largest absolute Gasteiger partial charge is 0.472 e. The monoisotopic (exact) mass is 643 g/mol. The number of phosphoric ester groups is 1. The SMILES string of the molecule is CCN(CC)CC.COC(=O)[C@H](C)NC(=O)[C@@H](C)O[C@@H]1[C@@H](NC(C)=O)[C@@H](OP(=O)(O)O)O[C@H](COC(C)=O)[C@H]1OC(C)=O. The van der Waals surface area contributed by atoms with Gasteiger partial charge in [-0.3, -0.25) is 23.7 Å². The third kappa shape index (κ3) is 15.6. The summed E-state index contributed by atoms with van der Waals surface area (Å²) in [7, 11) is -4.09. The number of nitrogens with zero attached hydrogens (tertiary/aromatic N) is 1. The lowest BCUT2D eigenvalue weighted by Crippen LogP contribution is -2.67. The lowest BCUT2D eigenvalue weighted by molar-refractivity contribution is -0.267. The van der Waals surface area contributed by atoms with Crippen LogP contribution in [0.15, 0.2) is 0 Å². The number of nitrogens with one attached hydrogen (secondary N) is 2. The van der Waals surface area contributed by atoms with Gasteiger partial charge >= 0.3 is 25.7 Å². The zero-order valence-electron chi connectivity index (χ0n) is 26.1. The summed E-state index contributed by atoms with van der Waals surface area (Å²) < 4.78 is 42.2. The Morgan fingerprint density at radius 1 is 0.953 bits per heavy atom. The van der Waals surface area contributed by atoms with Gasteiger partial charge in [0.15, 0.2) is 12.4 Å². The third-order valence-electron chi connectivity index (χ3n) is 6.00. The molecule has 0 radical (unpaired) electrons. The number of hydrogen-bond acceptors (Lipinski definition) is 13. The predicted molar refractivity (Wildman–Crippen MR) is 149 cm³/mol. The van der Waals surface area contributed by atoms with E-state index >= 15 is 0 Å². The fraction of sp³-hybridized carbons (Fsp3) is 0.800. The van der Waals surface area contributed by atoms with E-state index < -0.39 is 86.9 Å². The fourth-order valence-electron chi connectivity index (χ4n) is 3.88. The average molecular weight is 644 g/mol. The first kappa shape index (κ1) is 40.3. The molecular weight excluding hydrogens is 597 g/mol. The average Bonchev–Trinajstić information content (AvgIpc) is 2.90. The summed E-state index contributed by atoms with van der Waals surface area (Å²) in [5, 5.41) is 4.69. The van der Waals surface area contributed by atoms with Crippen LogP contribution in [0.5, 0.6) is 0 Å². The summed E-state index contributed by atoms with van der Waals surface area (Å²) in [6.45, 7) is 15.4. The van der Waals surface area contributed by atoms with Crippen molar-refractivity contribution in [2.45, 2.75) is 98.2 Å². The first-order valence-corrected chi connectivity index (χ1v) is 15.2. The zero-order chi connectivity index (χ0) is 33.5. The van der Waals surface area contributed by atoms with Gasteiger partial charge in [0.05, 0.1) is 7.11 Å². The van der Waals surface area contributed by atoms with Crippen LogP contribution in [0.25, 0.3) is 0 Å². The quantitative estimate of drug-likeness (QED) is 0.107. The number of rotatable bonds is 14. The minimum atomic E-state index is -5.22. The molecule has 4 N–H and O–H groups in total. The maximum absolute atomic E-state index is 12.6. The molecule has 18 heteroatoms. The van der Waals surface area contributed by atoms with E-state index in [0.717, 1.165) is 27.9 Å². The van der Waals surface area contributed by atoms with Crippen LogP contribution >= 0.6 is 7.82 Å². The zero-order valence-corrected chi connectivity index (χ0v) is 27.0. The molecule has 1 saturated heterocycles. The molecule has 1 rings (SSSR count). The Morgan fingerprint density at radius 2 is 1.51 bits per heavy atom. The molecule has 17 nitrogen and oxygen atoms in total. The van der Waals surface area contributed by atoms with Gasteiger partial charge in [-0.25, -0.2) is 9.36 Å². The second-order valence-corrected chi connectivity index (χ2v) is 10.5. The van der Waals surface area contributed by atoms with Crippen molar-refractivity contribution in [2.24, 2.45) is 0 Å². The highest BCUT2D eigenvalue weighted by Crippen LogP contribution is 2.41. The molecular formula is C25H46N3O14P. The normalized spacial score (nSPS) is 23.1. The van der Waals surface area contributed by atoms with Gasteiger partial charge in [0.2, 0.25) is 11.8 Å². The Bertz CT molecular complexity index is 967. The number of amides is 2. The number of esters is 3. The van der Waals surface area contributed by atoms with Crippen molar-refractivity contribution in [2.75, 3.05) is 33.4 Å². The van der Waals surface area contributed by atoms with Crippen molar-refractivity contribution >= 4 is 37.5 Å². The van der Waals surface area contributed by atoms with Crippen LogP contribution in [-0.2, 0) is 56.7 Å². The summed E-state index contributed by atoms with van der Waals surface area (Å²) in [5.41, 5.74) is 0.